The molecular weight excluding hydrogens is 208 g/mol. The fourth-order valence-electron chi connectivity index (χ4n) is 1.07. The third kappa shape index (κ3) is 6.75. The molecule has 0 aliphatic rings. The van der Waals surface area contributed by atoms with E-state index in [0.717, 1.165) is 6.42 Å². The van der Waals surface area contributed by atoms with Crippen LogP contribution < -0.4 is 9.67 Å². The van der Waals surface area contributed by atoms with Crippen molar-refractivity contribution < 1.29 is 19.3 Å². The summed E-state index contributed by atoms with van der Waals surface area (Å²) in [6, 6.07) is 0. The van der Waals surface area contributed by atoms with Crippen LogP contribution in [0.5, 0.6) is 0 Å². The first-order chi connectivity index (χ1) is 7.47. The molecule has 1 heterocycles. The molecule has 0 aliphatic carbocycles. The number of hydrogen-bond acceptors (Lipinski definition) is 3. The van der Waals surface area contributed by atoms with E-state index in [-0.39, 0.29) is 18.6 Å². The van der Waals surface area contributed by atoms with Crippen molar-refractivity contribution in [3.8, 4) is 0 Å². The largest absolute Gasteiger partial charge is 0.550 e. The lowest BCUT2D eigenvalue weighted by atomic mass is 10.2. The lowest BCUT2D eigenvalue weighted by Gasteiger charge is -1.95. The first-order valence-corrected chi connectivity index (χ1v) is 5.18. The van der Waals surface area contributed by atoms with E-state index in [1.807, 2.05) is 19.4 Å². The van der Waals surface area contributed by atoms with Crippen molar-refractivity contribution in [1.82, 2.24) is 4.98 Å². The average molecular weight is 226 g/mol. The van der Waals surface area contributed by atoms with E-state index >= 15 is 0 Å². The van der Waals surface area contributed by atoms with Crippen molar-refractivity contribution in [2.75, 3.05) is 0 Å². The summed E-state index contributed by atoms with van der Waals surface area (Å²) in [5.41, 5.74) is 0. The summed E-state index contributed by atoms with van der Waals surface area (Å²) in [7, 11) is 2.04. The van der Waals surface area contributed by atoms with Gasteiger partial charge in [-0.3, -0.25) is 0 Å². The molecule has 1 N–H and O–H groups in total. The standard InChI is InChI=1S/C6H10N2.C5H8O3/c1-3-6-7-4-5-8(6)2;1-4(6)2-3-5(7)8/h4-5H,3H2,1-2H3;2-3H2,1H3,(H,7,8). The first kappa shape index (κ1) is 14.3. The summed E-state index contributed by atoms with van der Waals surface area (Å²) >= 11 is 0. The zero-order chi connectivity index (χ0) is 12.6. The Balaban J connectivity index is 0.000000281. The first-order valence-electron chi connectivity index (χ1n) is 5.18. The van der Waals surface area contributed by atoms with Crippen LogP contribution in [0.25, 0.3) is 0 Å². The van der Waals surface area contributed by atoms with Crippen molar-refractivity contribution in [2.24, 2.45) is 7.05 Å². The summed E-state index contributed by atoms with van der Waals surface area (Å²) in [6.07, 6.45) is 4.96. The molecule has 0 fully saturated rings. The van der Waals surface area contributed by atoms with E-state index in [4.69, 9.17) is 0 Å². The molecule has 0 radical (unpaired) electrons. The highest BCUT2D eigenvalue weighted by Crippen LogP contribution is 1.86. The number of ketones is 1. The van der Waals surface area contributed by atoms with Gasteiger partial charge in [0.15, 0.2) is 0 Å². The van der Waals surface area contributed by atoms with Crippen LogP contribution >= 0.6 is 0 Å². The quantitative estimate of drug-likeness (QED) is 0.704. The number of carboxylic acid groups (broad SMARTS) is 1. The normalized spacial score (nSPS) is 9.19. The van der Waals surface area contributed by atoms with Crippen LogP contribution in [-0.2, 0) is 23.1 Å². The molecule has 5 heteroatoms. The molecule has 5 nitrogen and oxygen atoms in total. The van der Waals surface area contributed by atoms with Crippen molar-refractivity contribution in [3.05, 3.63) is 18.2 Å². The van der Waals surface area contributed by atoms with Gasteiger partial charge in [0.05, 0.1) is 7.05 Å². The van der Waals surface area contributed by atoms with Crippen LogP contribution in [-0.4, -0.2) is 16.7 Å². The highest BCUT2D eigenvalue weighted by atomic mass is 16.4. The lowest BCUT2D eigenvalue weighted by Crippen LogP contribution is -2.29. The van der Waals surface area contributed by atoms with E-state index in [1.165, 1.54) is 12.7 Å². The maximum absolute atomic E-state index is 10.1. The van der Waals surface area contributed by atoms with Crippen molar-refractivity contribution in [1.29, 1.82) is 0 Å². The van der Waals surface area contributed by atoms with Gasteiger partial charge in [-0.15, -0.1) is 0 Å². The number of rotatable bonds is 4. The summed E-state index contributed by atoms with van der Waals surface area (Å²) < 4.78 is 2.08. The summed E-state index contributed by atoms with van der Waals surface area (Å²) in [5, 5.41) is 9.64. The molecule has 0 spiro atoms. The number of carbonyl (C=O) groups is 2. The van der Waals surface area contributed by atoms with E-state index < -0.39 is 5.97 Å². The Morgan fingerprint density at radius 3 is 2.25 bits per heavy atom. The number of Topliss-reactive ketones (excluding diaryl/α,β-unsaturated/α-hetero) is 1. The van der Waals surface area contributed by atoms with E-state index in [1.54, 1.807) is 0 Å². The van der Waals surface area contributed by atoms with Crippen molar-refractivity contribution in [3.63, 3.8) is 0 Å². The SMILES string of the molecule is CC(=O)CCC(=O)[O-].CCc1[nH]cc[n+]1C. The van der Waals surface area contributed by atoms with Crippen molar-refractivity contribution in [2.45, 2.75) is 33.1 Å². The predicted molar refractivity (Wildman–Crippen MR) is 56.3 cm³/mol. The number of aliphatic carboxylic acids is 1. The molecule has 0 aromatic carbocycles. The van der Waals surface area contributed by atoms with Crippen LogP contribution in [0.4, 0.5) is 0 Å². The van der Waals surface area contributed by atoms with Gasteiger partial charge < -0.3 is 14.7 Å². The minimum absolute atomic E-state index is 0.0856. The monoisotopic (exact) mass is 226 g/mol. The highest BCUT2D eigenvalue weighted by molar-refractivity contribution is 5.79. The maximum Gasteiger partial charge on any atom is 0.253 e. The van der Waals surface area contributed by atoms with E-state index in [0.29, 0.717) is 0 Å². The number of hydrogen-bond donors (Lipinski definition) is 1. The van der Waals surface area contributed by atoms with E-state index in [2.05, 4.69) is 16.5 Å². The Bertz CT molecular complexity index is 331. The number of imidazole rings is 1. The molecule has 0 unspecified atom stereocenters. The number of carbonyl (C=O) groups excluding carboxylic acids is 2. The van der Waals surface area contributed by atoms with Gasteiger partial charge in [0, 0.05) is 18.8 Å². The van der Waals surface area contributed by atoms with Crippen LogP contribution in [0.2, 0.25) is 0 Å². The minimum atomic E-state index is -1.17. The molecule has 0 atom stereocenters. The Labute approximate surface area is 95.1 Å². The Kier molecular flexibility index (Phi) is 6.83. The van der Waals surface area contributed by atoms with Gasteiger partial charge in [0.25, 0.3) is 5.82 Å². The molecule has 16 heavy (non-hydrogen) atoms. The molecule has 0 saturated heterocycles. The number of H-pyrrole nitrogens is 1. The summed E-state index contributed by atoms with van der Waals surface area (Å²) in [5.74, 6) is -0.0144. The number of nitrogens with zero attached hydrogens (tertiary/aromatic N) is 1. The van der Waals surface area contributed by atoms with Gasteiger partial charge in [0.2, 0.25) is 0 Å². The maximum atomic E-state index is 10.1. The fraction of sp³-hybridized carbons (Fsp3) is 0.545. The molecule has 1 aromatic rings. The lowest BCUT2D eigenvalue weighted by molar-refractivity contribution is -0.677. The third-order valence-corrected chi connectivity index (χ3v) is 1.99. The molecule has 0 aliphatic heterocycles. The number of aromatic amines is 1. The minimum Gasteiger partial charge on any atom is -0.550 e. The highest BCUT2D eigenvalue weighted by Gasteiger charge is 1.99. The smallest absolute Gasteiger partial charge is 0.253 e. The van der Waals surface area contributed by atoms with Gasteiger partial charge in [-0.2, -0.15) is 0 Å². The zero-order valence-corrected chi connectivity index (χ0v) is 9.95. The molecule has 0 saturated carbocycles. The number of nitrogens with one attached hydrogen (secondary N) is 1. The number of aromatic nitrogens is 2. The summed E-state index contributed by atoms with van der Waals surface area (Å²) in [4.78, 5) is 22.8. The summed E-state index contributed by atoms with van der Waals surface area (Å²) in [6.45, 7) is 3.48. The fourth-order valence-corrected chi connectivity index (χ4v) is 1.07. The molecule has 0 amide bonds. The second-order valence-electron chi connectivity index (χ2n) is 3.45. The molecule has 90 valence electrons. The van der Waals surface area contributed by atoms with Gasteiger partial charge >= 0.3 is 0 Å². The number of aryl methyl sites for hydroxylation is 2. The zero-order valence-electron chi connectivity index (χ0n) is 9.95. The molecule has 1 aromatic heterocycles. The Morgan fingerprint density at radius 2 is 2.06 bits per heavy atom. The van der Waals surface area contributed by atoms with Gasteiger partial charge in [-0.05, 0) is 13.3 Å². The number of carboxylic acids is 1. The second-order valence-corrected chi connectivity index (χ2v) is 3.45. The molecule has 0 bridgehead atoms. The van der Waals surface area contributed by atoms with E-state index in [9.17, 15) is 14.7 Å². The molecular formula is C11H18N2O3. The Hall–Kier alpha value is -1.65. The van der Waals surface area contributed by atoms with Crippen molar-refractivity contribution >= 4 is 11.8 Å². The van der Waals surface area contributed by atoms with Crippen LogP contribution in [0.1, 0.15) is 32.5 Å². The third-order valence-electron chi connectivity index (χ3n) is 1.99. The predicted octanol–water partition coefficient (Wildman–Crippen LogP) is -0.493. The van der Waals surface area contributed by atoms with Gasteiger partial charge in [-0.1, -0.05) is 6.92 Å². The van der Waals surface area contributed by atoms with Crippen LogP contribution in [0, 0.1) is 0 Å². The topological polar surface area (TPSA) is 76.9 Å². The van der Waals surface area contributed by atoms with Gasteiger partial charge in [-0.25, -0.2) is 9.55 Å². The van der Waals surface area contributed by atoms with Crippen LogP contribution in [0.15, 0.2) is 12.4 Å². The van der Waals surface area contributed by atoms with Crippen LogP contribution in [0.3, 0.4) is 0 Å². The van der Waals surface area contributed by atoms with Gasteiger partial charge in [0.1, 0.15) is 18.2 Å². The second kappa shape index (κ2) is 7.62. The Morgan fingerprint density at radius 1 is 1.44 bits per heavy atom. The molecule has 1 rings (SSSR count). The average Bonchev–Trinajstić information content (AvgIpc) is 2.61.